The summed E-state index contributed by atoms with van der Waals surface area (Å²) in [7, 11) is 0. The second kappa shape index (κ2) is 4.77. The third-order valence-corrected chi connectivity index (χ3v) is 3.50. The Morgan fingerprint density at radius 2 is 2.20 bits per heavy atom. The third kappa shape index (κ3) is 2.21. The molecule has 0 bridgehead atoms. The smallest absolute Gasteiger partial charge is 0.000257 e. The first-order valence-corrected chi connectivity index (χ1v) is 5.79. The van der Waals surface area contributed by atoms with Crippen molar-refractivity contribution in [3.05, 3.63) is 35.4 Å². The first-order valence-electron chi connectivity index (χ1n) is 5.79. The van der Waals surface area contributed by atoms with Gasteiger partial charge in [-0.25, -0.2) is 0 Å². The maximum atomic E-state index is 5.84. The first-order chi connectivity index (χ1) is 7.33. The molecule has 1 aromatic carbocycles. The van der Waals surface area contributed by atoms with Crippen molar-refractivity contribution in [1.29, 1.82) is 0 Å². The number of nitrogens with one attached hydrogen (secondary N) is 1. The SMILES string of the molecule is Cc1ccccc1C1CCNCC1CN. The van der Waals surface area contributed by atoms with Crippen molar-refractivity contribution in [2.45, 2.75) is 19.3 Å². The van der Waals surface area contributed by atoms with Crippen LogP contribution in [0.1, 0.15) is 23.5 Å². The number of rotatable bonds is 2. The van der Waals surface area contributed by atoms with Crippen LogP contribution in [0.15, 0.2) is 24.3 Å². The van der Waals surface area contributed by atoms with Gasteiger partial charge in [-0.05, 0) is 55.9 Å². The molecule has 1 aliphatic heterocycles. The molecular weight excluding hydrogens is 184 g/mol. The van der Waals surface area contributed by atoms with Crippen LogP contribution in [0.2, 0.25) is 0 Å². The van der Waals surface area contributed by atoms with E-state index in [9.17, 15) is 0 Å². The van der Waals surface area contributed by atoms with E-state index in [4.69, 9.17) is 5.73 Å². The van der Waals surface area contributed by atoms with Gasteiger partial charge < -0.3 is 11.1 Å². The average molecular weight is 204 g/mol. The molecule has 1 heterocycles. The van der Waals surface area contributed by atoms with Crippen LogP contribution in [0.25, 0.3) is 0 Å². The van der Waals surface area contributed by atoms with Crippen molar-refractivity contribution in [3.63, 3.8) is 0 Å². The predicted molar refractivity (Wildman–Crippen MR) is 64.0 cm³/mol. The monoisotopic (exact) mass is 204 g/mol. The van der Waals surface area contributed by atoms with E-state index >= 15 is 0 Å². The molecule has 0 radical (unpaired) electrons. The normalized spacial score (nSPS) is 26.5. The lowest BCUT2D eigenvalue weighted by molar-refractivity contribution is 0.332. The largest absolute Gasteiger partial charge is 0.330 e. The Kier molecular flexibility index (Phi) is 3.39. The molecule has 0 saturated carbocycles. The lowest BCUT2D eigenvalue weighted by Gasteiger charge is -2.32. The van der Waals surface area contributed by atoms with Gasteiger partial charge in [-0.15, -0.1) is 0 Å². The van der Waals surface area contributed by atoms with Crippen LogP contribution in [0, 0.1) is 12.8 Å². The highest BCUT2D eigenvalue weighted by Gasteiger charge is 2.25. The summed E-state index contributed by atoms with van der Waals surface area (Å²) in [5, 5.41) is 3.42. The van der Waals surface area contributed by atoms with E-state index < -0.39 is 0 Å². The summed E-state index contributed by atoms with van der Waals surface area (Å²) in [5.74, 6) is 1.25. The molecule has 2 heteroatoms. The first kappa shape index (κ1) is 10.7. The molecule has 2 nitrogen and oxygen atoms in total. The summed E-state index contributed by atoms with van der Waals surface area (Å²) in [6.45, 7) is 5.17. The van der Waals surface area contributed by atoms with E-state index in [1.54, 1.807) is 0 Å². The summed E-state index contributed by atoms with van der Waals surface area (Å²) >= 11 is 0. The molecule has 2 rings (SSSR count). The Hall–Kier alpha value is -0.860. The number of nitrogens with two attached hydrogens (primary N) is 1. The fraction of sp³-hybridized carbons (Fsp3) is 0.538. The molecule has 0 aromatic heterocycles. The Balaban J connectivity index is 2.24. The zero-order chi connectivity index (χ0) is 10.7. The van der Waals surface area contributed by atoms with Gasteiger partial charge in [0, 0.05) is 0 Å². The Bertz CT molecular complexity index is 322. The fourth-order valence-electron chi connectivity index (χ4n) is 2.58. The second-order valence-electron chi connectivity index (χ2n) is 4.45. The van der Waals surface area contributed by atoms with Crippen molar-refractivity contribution in [3.8, 4) is 0 Å². The van der Waals surface area contributed by atoms with Gasteiger partial charge in [0.25, 0.3) is 0 Å². The molecule has 82 valence electrons. The Morgan fingerprint density at radius 1 is 1.40 bits per heavy atom. The molecule has 15 heavy (non-hydrogen) atoms. The minimum atomic E-state index is 0.597. The standard InChI is InChI=1S/C13H20N2/c1-10-4-2-3-5-12(10)13-6-7-15-9-11(13)8-14/h2-5,11,13,15H,6-9,14H2,1H3. The van der Waals surface area contributed by atoms with Gasteiger partial charge in [-0.2, -0.15) is 0 Å². The highest BCUT2D eigenvalue weighted by Crippen LogP contribution is 2.31. The van der Waals surface area contributed by atoms with Gasteiger partial charge >= 0.3 is 0 Å². The average Bonchev–Trinajstić information content (AvgIpc) is 2.30. The topological polar surface area (TPSA) is 38.0 Å². The minimum Gasteiger partial charge on any atom is -0.330 e. The molecule has 1 fully saturated rings. The number of piperidine rings is 1. The molecule has 2 unspecified atom stereocenters. The fourth-order valence-corrected chi connectivity index (χ4v) is 2.58. The molecule has 1 saturated heterocycles. The lowest BCUT2D eigenvalue weighted by Crippen LogP contribution is -2.39. The molecule has 1 aromatic rings. The number of aryl methyl sites for hydroxylation is 1. The summed E-state index contributed by atoms with van der Waals surface area (Å²) in [6.07, 6.45) is 1.21. The highest BCUT2D eigenvalue weighted by atomic mass is 14.9. The van der Waals surface area contributed by atoms with Gasteiger partial charge in [0.05, 0.1) is 0 Å². The third-order valence-electron chi connectivity index (χ3n) is 3.50. The Morgan fingerprint density at radius 3 is 2.93 bits per heavy atom. The molecule has 3 N–H and O–H groups in total. The van der Waals surface area contributed by atoms with Crippen molar-refractivity contribution >= 4 is 0 Å². The van der Waals surface area contributed by atoms with Gasteiger partial charge in [0.15, 0.2) is 0 Å². The van der Waals surface area contributed by atoms with E-state index in [1.807, 2.05) is 0 Å². The number of hydrogen-bond acceptors (Lipinski definition) is 2. The lowest BCUT2D eigenvalue weighted by atomic mass is 9.79. The van der Waals surface area contributed by atoms with Gasteiger partial charge in [0.2, 0.25) is 0 Å². The van der Waals surface area contributed by atoms with Crippen LogP contribution < -0.4 is 11.1 Å². The minimum absolute atomic E-state index is 0.597. The highest BCUT2D eigenvalue weighted by molar-refractivity contribution is 5.30. The summed E-state index contributed by atoms with van der Waals surface area (Å²) in [5.41, 5.74) is 8.74. The zero-order valence-electron chi connectivity index (χ0n) is 9.37. The van der Waals surface area contributed by atoms with Crippen LogP contribution in [-0.2, 0) is 0 Å². The summed E-state index contributed by atoms with van der Waals surface area (Å²) in [6, 6.07) is 8.70. The van der Waals surface area contributed by atoms with E-state index in [-0.39, 0.29) is 0 Å². The molecule has 0 spiro atoms. The van der Waals surface area contributed by atoms with Crippen molar-refractivity contribution in [1.82, 2.24) is 5.32 Å². The maximum Gasteiger partial charge on any atom is -0.000257 e. The molecule has 0 amide bonds. The van der Waals surface area contributed by atoms with Crippen LogP contribution >= 0.6 is 0 Å². The van der Waals surface area contributed by atoms with Crippen LogP contribution in [0.4, 0.5) is 0 Å². The summed E-state index contributed by atoms with van der Waals surface area (Å²) in [4.78, 5) is 0. The van der Waals surface area contributed by atoms with E-state index in [1.165, 1.54) is 17.5 Å². The van der Waals surface area contributed by atoms with Gasteiger partial charge in [-0.1, -0.05) is 24.3 Å². The molecule has 2 atom stereocenters. The van der Waals surface area contributed by atoms with E-state index in [0.29, 0.717) is 11.8 Å². The van der Waals surface area contributed by atoms with Crippen LogP contribution in [0.5, 0.6) is 0 Å². The maximum absolute atomic E-state index is 5.84. The van der Waals surface area contributed by atoms with Crippen molar-refractivity contribution in [2.24, 2.45) is 11.7 Å². The van der Waals surface area contributed by atoms with E-state index in [0.717, 1.165) is 19.6 Å². The second-order valence-corrected chi connectivity index (χ2v) is 4.45. The predicted octanol–water partition coefficient (Wildman–Crippen LogP) is 1.65. The molecular formula is C13H20N2. The van der Waals surface area contributed by atoms with Crippen LogP contribution in [0.3, 0.4) is 0 Å². The Labute approximate surface area is 91.9 Å². The summed E-state index contributed by atoms with van der Waals surface area (Å²) < 4.78 is 0. The van der Waals surface area contributed by atoms with Gasteiger partial charge in [0.1, 0.15) is 0 Å². The molecule has 1 aliphatic rings. The zero-order valence-corrected chi connectivity index (χ0v) is 9.37. The molecule has 0 aliphatic carbocycles. The van der Waals surface area contributed by atoms with Crippen molar-refractivity contribution < 1.29 is 0 Å². The van der Waals surface area contributed by atoms with Crippen LogP contribution in [-0.4, -0.2) is 19.6 Å². The number of benzene rings is 1. The van der Waals surface area contributed by atoms with Crippen molar-refractivity contribution in [2.75, 3.05) is 19.6 Å². The van der Waals surface area contributed by atoms with E-state index in [2.05, 4.69) is 36.5 Å². The quantitative estimate of drug-likeness (QED) is 0.768. The number of hydrogen-bond donors (Lipinski definition) is 2. The van der Waals surface area contributed by atoms with Gasteiger partial charge in [-0.3, -0.25) is 0 Å².